The minimum absolute atomic E-state index is 0.0215. The first-order valence-electron chi connectivity index (χ1n) is 22.6. The summed E-state index contributed by atoms with van der Waals surface area (Å²) in [5.41, 5.74) is 0. The Morgan fingerprint density at radius 1 is 0.519 bits per heavy atom. The van der Waals surface area contributed by atoms with Crippen LogP contribution in [0.1, 0.15) is 206 Å². The Kier molecular flexibility index (Phi) is 40.7. The quantitative estimate of drug-likeness (QED) is 0.0217. The molecule has 0 aliphatic carbocycles. The van der Waals surface area contributed by atoms with E-state index in [1.807, 2.05) is 14.1 Å². The number of thiocarbonyl (C=S) groups is 1. The summed E-state index contributed by atoms with van der Waals surface area (Å²) in [5, 5.41) is 3.04. The van der Waals surface area contributed by atoms with Gasteiger partial charge in [0, 0.05) is 6.54 Å². The fourth-order valence-electron chi connectivity index (χ4n) is 6.28. The van der Waals surface area contributed by atoms with Crippen LogP contribution in [0.3, 0.4) is 0 Å². The van der Waals surface area contributed by atoms with E-state index in [2.05, 4.69) is 48.4 Å². The fourth-order valence-corrected chi connectivity index (χ4v) is 6.48. The predicted molar refractivity (Wildman–Crippen MR) is 234 cm³/mol. The number of nitrogens with zero attached hydrogens (tertiary/aromatic N) is 1. The molecular weight excluding hydrogens is 693 g/mol. The van der Waals surface area contributed by atoms with Crippen molar-refractivity contribution in [2.75, 3.05) is 40.4 Å². The van der Waals surface area contributed by atoms with Crippen molar-refractivity contribution in [1.29, 1.82) is 0 Å². The maximum atomic E-state index is 13.0. The van der Waals surface area contributed by atoms with E-state index in [-0.39, 0.29) is 18.4 Å². The number of hydrogen-bond donors (Lipinski definition) is 1. The SMILES string of the molecule is CCCCCCCC/C=C\CCCCCCCCOC(=O)C(OC(=S)NCCCCN(C)C)C(=O)OCCCCCCCC/C=C\CCCCCCCC. The molecule has 1 N–H and O–H groups in total. The third-order valence-corrected chi connectivity index (χ3v) is 10.00. The molecule has 54 heavy (non-hydrogen) atoms. The summed E-state index contributed by atoms with van der Waals surface area (Å²) in [7, 11) is 4.08. The summed E-state index contributed by atoms with van der Waals surface area (Å²) in [6.45, 7) is 6.62. The van der Waals surface area contributed by atoms with Gasteiger partial charge < -0.3 is 24.4 Å². The van der Waals surface area contributed by atoms with Crippen molar-refractivity contribution in [3.63, 3.8) is 0 Å². The van der Waals surface area contributed by atoms with Crippen molar-refractivity contribution in [2.24, 2.45) is 0 Å². The lowest BCUT2D eigenvalue weighted by Gasteiger charge is -2.18. The van der Waals surface area contributed by atoms with Crippen LogP contribution in [0.25, 0.3) is 0 Å². The van der Waals surface area contributed by atoms with Gasteiger partial charge in [0.25, 0.3) is 11.3 Å². The highest BCUT2D eigenvalue weighted by atomic mass is 32.1. The first-order chi connectivity index (χ1) is 26.4. The summed E-state index contributed by atoms with van der Waals surface area (Å²) >= 11 is 5.32. The van der Waals surface area contributed by atoms with Crippen LogP contribution < -0.4 is 5.32 Å². The molecule has 7 nitrogen and oxygen atoms in total. The molecule has 8 heteroatoms. The number of nitrogens with one attached hydrogen (secondary N) is 1. The van der Waals surface area contributed by atoms with E-state index in [0.29, 0.717) is 6.54 Å². The summed E-state index contributed by atoms with van der Waals surface area (Å²) in [5.74, 6) is -1.46. The van der Waals surface area contributed by atoms with Crippen LogP contribution >= 0.6 is 12.2 Å². The third kappa shape index (κ3) is 38.3. The number of esters is 2. The van der Waals surface area contributed by atoms with Crippen LogP contribution in [0.4, 0.5) is 0 Å². The molecule has 0 rings (SSSR count). The van der Waals surface area contributed by atoms with Gasteiger partial charge in [-0.25, -0.2) is 9.59 Å². The second kappa shape index (κ2) is 42.2. The lowest BCUT2D eigenvalue weighted by molar-refractivity contribution is -0.167. The minimum Gasteiger partial charge on any atom is -0.462 e. The number of ether oxygens (including phenoxy) is 3. The van der Waals surface area contributed by atoms with Crippen molar-refractivity contribution in [3.05, 3.63) is 24.3 Å². The maximum absolute atomic E-state index is 13.0. The van der Waals surface area contributed by atoms with Crippen molar-refractivity contribution in [3.8, 4) is 0 Å². The average molecular weight is 779 g/mol. The molecule has 0 aliphatic heterocycles. The van der Waals surface area contributed by atoms with Crippen LogP contribution in [0.2, 0.25) is 0 Å². The molecule has 316 valence electrons. The maximum Gasteiger partial charge on any atom is 0.359 e. The molecule has 0 aliphatic rings. The van der Waals surface area contributed by atoms with E-state index >= 15 is 0 Å². The van der Waals surface area contributed by atoms with E-state index in [1.165, 1.54) is 128 Å². The number of carbonyl (C=O) groups is 2. The van der Waals surface area contributed by atoms with Crippen LogP contribution in [-0.4, -0.2) is 68.5 Å². The van der Waals surface area contributed by atoms with Gasteiger partial charge in [-0.15, -0.1) is 0 Å². The molecule has 0 unspecified atom stereocenters. The first-order valence-corrected chi connectivity index (χ1v) is 23.1. The van der Waals surface area contributed by atoms with E-state index in [0.717, 1.165) is 70.8 Å². The zero-order valence-electron chi connectivity index (χ0n) is 35.8. The highest BCUT2D eigenvalue weighted by Gasteiger charge is 2.33. The Morgan fingerprint density at radius 2 is 0.870 bits per heavy atom. The third-order valence-electron chi connectivity index (χ3n) is 9.76. The van der Waals surface area contributed by atoms with Crippen LogP contribution in [0.15, 0.2) is 24.3 Å². The van der Waals surface area contributed by atoms with Gasteiger partial charge in [0.1, 0.15) is 0 Å². The molecule has 0 radical (unpaired) electrons. The summed E-state index contributed by atoms with van der Waals surface area (Å²) in [6.07, 6.45) is 43.8. The number of rotatable bonds is 40. The lowest BCUT2D eigenvalue weighted by atomic mass is 10.1. The molecule has 0 spiro atoms. The molecule has 0 heterocycles. The topological polar surface area (TPSA) is 77.1 Å². The monoisotopic (exact) mass is 779 g/mol. The zero-order chi connectivity index (χ0) is 39.6. The molecule has 0 aromatic rings. The number of allylic oxidation sites excluding steroid dienone is 4. The molecule has 0 saturated heterocycles. The van der Waals surface area contributed by atoms with Gasteiger partial charge in [0.15, 0.2) is 0 Å². The van der Waals surface area contributed by atoms with Crippen LogP contribution in [0.5, 0.6) is 0 Å². The van der Waals surface area contributed by atoms with Gasteiger partial charge in [-0.05, 0) is 110 Å². The second-order valence-electron chi connectivity index (χ2n) is 15.4. The highest BCUT2D eigenvalue weighted by molar-refractivity contribution is 7.80. The number of unbranched alkanes of at least 4 members (excludes halogenated alkanes) is 25. The second-order valence-corrected chi connectivity index (χ2v) is 15.8. The Labute approximate surface area is 339 Å². The largest absolute Gasteiger partial charge is 0.462 e. The molecular formula is C46H86N2O5S. The standard InChI is InChI=1S/C46H86N2O5S/c1-5-7-9-11-13-15-17-19-21-23-25-27-29-31-33-37-41-51-44(49)43(53-46(54)47-39-35-36-40-48(3)4)45(50)52-42-38-34-32-30-28-26-24-22-20-18-16-14-12-10-8-6-2/h19-22,43H,5-18,23-42H2,1-4H3,(H,47,54)/b21-19-,22-20-. The fraction of sp³-hybridized carbons (Fsp3) is 0.848. The summed E-state index contributed by atoms with van der Waals surface area (Å²) < 4.78 is 16.6. The molecule has 0 aromatic carbocycles. The van der Waals surface area contributed by atoms with Gasteiger partial charge in [-0.2, -0.15) is 0 Å². The van der Waals surface area contributed by atoms with Gasteiger partial charge in [-0.3, -0.25) is 0 Å². The normalized spacial score (nSPS) is 11.7. The van der Waals surface area contributed by atoms with Crippen LogP contribution in [0, 0.1) is 0 Å². The first kappa shape index (κ1) is 52.1. The molecule has 0 aromatic heterocycles. The molecule has 0 amide bonds. The van der Waals surface area contributed by atoms with Gasteiger partial charge >= 0.3 is 11.9 Å². The number of carbonyl (C=O) groups excluding carboxylic acids is 2. The Hall–Kier alpha value is -1.93. The van der Waals surface area contributed by atoms with Gasteiger partial charge in [0.05, 0.1) is 13.2 Å². The van der Waals surface area contributed by atoms with Gasteiger partial charge in [-0.1, -0.05) is 154 Å². The number of hydrogen-bond acceptors (Lipinski definition) is 7. The average Bonchev–Trinajstić information content (AvgIpc) is 3.15. The van der Waals surface area contributed by atoms with Crippen molar-refractivity contribution >= 4 is 29.3 Å². The Balaban J connectivity index is 4.26. The summed E-state index contributed by atoms with van der Waals surface area (Å²) in [6, 6.07) is 0. The lowest BCUT2D eigenvalue weighted by Crippen LogP contribution is -2.41. The molecule has 0 atom stereocenters. The van der Waals surface area contributed by atoms with E-state index < -0.39 is 18.0 Å². The smallest absolute Gasteiger partial charge is 0.359 e. The van der Waals surface area contributed by atoms with Crippen molar-refractivity contribution in [2.45, 2.75) is 213 Å². The zero-order valence-corrected chi connectivity index (χ0v) is 36.6. The molecule has 0 bridgehead atoms. The van der Waals surface area contributed by atoms with Crippen molar-refractivity contribution in [1.82, 2.24) is 10.2 Å². The van der Waals surface area contributed by atoms with Crippen molar-refractivity contribution < 1.29 is 23.8 Å². The van der Waals surface area contributed by atoms with E-state index in [4.69, 9.17) is 26.4 Å². The van der Waals surface area contributed by atoms with E-state index in [9.17, 15) is 9.59 Å². The highest BCUT2D eigenvalue weighted by Crippen LogP contribution is 2.13. The predicted octanol–water partition coefficient (Wildman–Crippen LogP) is 12.7. The molecule has 0 saturated carbocycles. The summed E-state index contributed by atoms with van der Waals surface area (Å²) in [4.78, 5) is 28.1. The van der Waals surface area contributed by atoms with Gasteiger partial charge in [0.2, 0.25) is 0 Å². The minimum atomic E-state index is -1.50. The Morgan fingerprint density at radius 3 is 1.24 bits per heavy atom. The van der Waals surface area contributed by atoms with E-state index in [1.54, 1.807) is 0 Å². The Bertz CT molecular complexity index is 854. The molecule has 0 fully saturated rings. The van der Waals surface area contributed by atoms with Crippen LogP contribution in [-0.2, 0) is 23.8 Å².